The predicted molar refractivity (Wildman–Crippen MR) is 80.7 cm³/mol. The molecule has 1 heterocycles. The van der Waals surface area contributed by atoms with Gasteiger partial charge in [-0.15, -0.1) is 0 Å². The third-order valence-electron chi connectivity index (χ3n) is 3.82. The molecule has 0 aliphatic carbocycles. The van der Waals surface area contributed by atoms with E-state index in [4.69, 9.17) is 16.3 Å². The van der Waals surface area contributed by atoms with Gasteiger partial charge in [0.25, 0.3) is 0 Å². The van der Waals surface area contributed by atoms with Gasteiger partial charge in [0.1, 0.15) is 5.82 Å². The molecule has 1 aromatic carbocycles. The standard InChI is InChI=1S/C16H23ClFNO/c1-2-7-19-14(9-12-6-8-20-11-12)10-13-4-3-5-15(18)16(13)17/h3-5,12,14,19H,2,6-11H2,1H3. The Morgan fingerprint density at radius 1 is 1.50 bits per heavy atom. The van der Waals surface area contributed by atoms with Crippen molar-refractivity contribution in [3.63, 3.8) is 0 Å². The second kappa shape index (κ2) is 7.96. The van der Waals surface area contributed by atoms with E-state index in [0.717, 1.165) is 51.0 Å². The van der Waals surface area contributed by atoms with Gasteiger partial charge >= 0.3 is 0 Å². The normalized spacial score (nSPS) is 20.2. The maximum atomic E-state index is 13.5. The zero-order valence-corrected chi connectivity index (χ0v) is 12.8. The maximum Gasteiger partial charge on any atom is 0.142 e. The van der Waals surface area contributed by atoms with Gasteiger partial charge < -0.3 is 10.1 Å². The molecule has 0 aromatic heterocycles. The van der Waals surface area contributed by atoms with E-state index in [0.29, 0.717) is 12.0 Å². The van der Waals surface area contributed by atoms with Gasteiger partial charge in [0, 0.05) is 19.3 Å². The van der Waals surface area contributed by atoms with E-state index in [1.165, 1.54) is 6.07 Å². The minimum Gasteiger partial charge on any atom is -0.381 e. The summed E-state index contributed by atoms with van der Waals surface area (Å²) in [7, 11) is 0. The summed E-state index contributed by atoms with van der Waals surface area (Å²) in [4.78, 5) is 0. The van der Waals surface area contributed by atoms with E-state index in [1.807, 2.05) is 6.07 Å². The van der Waals surface area contributed by atoms with Gasteiger partial charge in [-0.05, 0) is 49.8 Å². The first-order valence-electron chi connectivity index (χ1n) is 7.44. The topological polar surface area (TPSA) is 21.3 Å². The summed E-state index contributed by atoms with van der Waals surface area (Å²) in [6.07, 6.45) is 4.05. The lowest BCUT2D eigenvalue weighted by Crippen LogP contribution is -2.34. The molecule has 2 rings (SSSR count). The monoisotopic (exact) mass is 299 g/mol. The van der Waals surface area contributed by atoms with E-state index >= 15 is 0 Å². The molecule has 112 valence electrons. The van der Waals surface area contributed by atoms with Crippen LogP contribution in [0, 0.1) is 11.7 Å². The molecule has 2 nitrogen and oxygen atoms in total. The average Bonchev–Trinajstić information content (AvgIpc) is 2.94. The van der Waals surface area contributed by atoms with Crippen LogP contribution in [0.1, 0.15) is 31.7 Å². The third kappa shape index (κ3) is 4.44. The van der Waals surface area contributed by atoms with Crippen LogP contribution in [0.5, 0.6) is 0 Å². The number of halogens is 2. The second-order valence-corrected chi connectivity index (χ2v) is 5.91. The SMILES string of the molecule is CCCNC(Cc1cccc(F)c1Cl)CC1CCOC1. The zero-order chi connectivity index (χ0) is 14.4. The lowest BCUT2D eigenvalue weighted by Gasteiger charge is -2.22. The molecule has 2 atom stereocenters. The number of ether oxygens (including phenoxy) is 1. The molecule has 0 amide bonds. The lowest BCUT2D eigenvalue weighted by molar-refractivity contribution is 0.181. The quantitative estimate of drug-likeness (QED) is 0.826. The highest BCUT2D eigenvalue weighted by molar-refractivity contribution is 6.31. The summed E-state index contributed by atoms with van der Waals surface area (Å²) in [5.41, 5.74) is 0.888. The van der Waals surface area contributed by atoms with Crippen molar-refractivity contribution in [2.45, 2.75) is 38.6 Å². The Morgan fingerprint density at radius 2 is 2.35 bits per heavy atom. The molecule has 1 aromatic rings. The van der Waals surface area contributed by atoms with Crippen LogP contribution in [-0.2, 0) is 11.2 Å². The minimum absolute atomic E-state index is 0.262. The summed E-state index contributed by atoms with van der Waals surface area (Å²) in [6.45, 7) is 4.84. The summed E-state index contributed by atoms with van der Waals surface area (Å²) in [5.74, 6) is 0.277. The number of hydrogen-bond acceptors (Lipinski definition) is 2. The highest BCUT2D eigenvalue weighted by Gasteiger charge is 2.21. The van der Waals surface area contributed by atoms with Crippen molar-refractivity contribution in [3.8, 4) is 0 Å². The molecule has 0 spiro atoms. The number of hydrogen-bond donors (Lipinski definition) is 1. The molecule has 2 unspecified atom stereocenters. The first-order valence-corrected chi connectivity index (χ1v) is 7.82. The highest BCUT2D eigenvalue weighted by atomic mass is 35.5. The summed E-state index contributed by atoms with van der Waals surface area (Å²) in [5, 5.41) is 3.82. The maximum absolute atomic E-state index is 13.5. The fraction of sp³-hybridized carbons (Fsp3) is 0.625. The smallest absolute Gasteiger partial charge is 0.142 e. The Morgan fingerprint density at radius 3 is 3.05 bits per heavy atom. The number of benzene rings is 1. The molecule has 0 saturated carbocycles. The number of rotatable bonds is 7. The van der Waals surface area contributed by atoms with Crippen LogP contribution in [0.4, 0.5) is 4.39 Å². The van der Waals surface area contributed by atoms with Gasteiger partial charge in [-0.3, -0.25) is 0 Å². The second-order valence-electron chi connectivity index (χ2n) is 5.53. The molecule has 1 saturated heterocycles. The van der Waals surface area contributed by atoms with Crippen molar-refractivity contribution in [3.05, 3.63) is 34.6 Å². The predicted octanol–water partition coefficient (Wildman–Crippen LogP) is 3.82. The van der Waals surface area contributed by atoms with Gasteiger partial charge in [0.15, 0.2) is 0 Å². The summed E-state index contributed by atoms with van der Waals surface area (Å²) >= 11 is 6.06. The van der Waals surface area contributed by atoms with E-state index in [9.17, 15) is 4.39 Å². The fourth-order valence-corrected chi connectivity index (χ4v) is 2.93. The van der Waals surface area contributed by atoms with Gasteiger partial charge in [-0.25, -0.2) is 4.39 Å². The van der Waals surface area contributed by atoms with Crippen molar-refractivity contribution < 1.29 is 9.13 Å². The molecular formula is C16H23ClFNO. The first kappa shape index (κ1) is 15.7. The lowest BCUT2D eigenvalue weighted by atomic mass is 9.94. The number of nitrogens with one attached hydrogen (secondary N) is 1. The molecule has 0 radical (unpaired) electrons. The molecule has 1 aliphatic rings. The molecule has 1 N–H and O–H groups in total. The Balaban J connectivity index is 1.99. The van der Waals surface area contributed by atoms with Crippen LogP contribution in [0.3, 0.4) is 0 Å². The Hall–Kier alpha value is -0.640. The van der Waals surface area contributed by atoms with Crippen LogP contribution in [0.25, 0.3) is 0 Å². The fourth-order valence-electron chi connectivity index (χ4n) is 2.73. The van der Waals surface area contributed by atoms with Crippen molar-refractivity contribution in [2.75, 3.05) is 19.8 Å². The highest BCUT2D eigenvalue weighted by Crippen LogP contribution is 2.24. The molecule has 4 heteroatoms. The summed E-state index contributed by atoms with van der Waals surface area (Å²) < 4.78 is 19.0. The zero-order valence-electron chi connectivity index (χ0n) is 12.0. The van der Waals surface area contributed by atoms with Crippen molar-refractivity contribution in [1.82, 2.24) is 5.32 Å². The van der Waals surface area contributed by atoms with E-state index in [-0.39, 0.29) is 10.8 Å². The molecule has 1 aliphatic heterocycles. The van der Waals surface area contributed by atoms with Crippen LogP contribution >= 0.6 is 11.6 Å². The Kier molecular flexibility index (Phi) is 6.27. The average molecular weight is 300 g/mol. The van der Waals surface area contributed by atoms with Crippen LogP contribution in [0.2, 0.25) is 5.02 Å². The van der Waals surface area contributed by atoms with Crippen LogP contribution in [0.15, 0.2) is 18.2 Å². The molecular weight excluding hydrogens is 277 g/mol. The summed E-state index contributed by atoms with van der Waals surface area (Å²) in [6, 6.07) is 5.38. The largest absolute Gasteiger partial charge is 0.381 e. The molecule has 0 bridgehead atoms. The Bertz CT molecular complexity index is 421. The Labute approximate surface area is 125 Å². The van der Waals surface area contributed by atoms with Gasteiger partial charge in [-0.1, -0.05) is 30.7 Å². The van der Waals surface area contributed by atoms with Gasteiger partial charge in [0.05, 0.1) is 5.02 Å². The first-order chi connectivity index (χ1) is 9.70. The van der Waals surface area contributed by atoms with Crippen molar-refractivity contribution in [1.29, 1.82) is 0 Å². The van der Waals surface area contributed by atoms with E-state index in [1.54, 1.807) is 6.07 Å². The van der Waals surface area contributed by atoms with E-state index in [2.05, 4.69) is 12.2 Å². The third-order valence-corrected chi connectivity index (χ3v) is 4.25. The van der Waals surface area contributed by atoms with Crippen LogP contribution in [-0.4, -0.2) is 25.8 Å². The minimum atomic E-state index is -0.331. The van der Waals surface area contributed by atoms with E-state index < -0.39 is 0 Å². The molecule has 20 heavy (non-hydrogen) atoms. The van der Waals surface area contributed by atoms with Gasteiger partial charge in [0.2, 0.25) is 0 Å². The van der Waals surface area contributed by atoms with Crippen molar-refractivity contribution >= 4 is 11.6 Å². The molecule has 1 fully saturated rings. The van der Waals surface area contributed by atoms with Gasteiger partial charge in [-0.2, -0.15) is 0 Å². The van der Waals surface area contributed by atoms with Crippen LogP contribution < -0.4 is 5.32 Å². The van der Waals surface area contributed by atoms with Crippen molar-refractivity contribution in [2.24, 2.45) is 5.92 Å².